The highest BCUT2D eigenvalue weighted by Gasteiger charge is 2.43. The lowest BCUT2D eigenvalue weighted by Gasteiger charge is -2.44. The molecule has 1 fully saturated rings. The number of hydrogen-bond donors (Lipinski definition) is 3. The Balaban J connectivity index is 2.53. The molecule has 0 radical (unpaired) electrons. The maximum atomic E-state index is 14.3. The summed E-state index contributed by atoms with van der Waals surface area (Å²) in [6.07, 6.45) is 5.02. The van der Waals surface area contributed by atoms with Crippen LogP contribution < -0.4 is 10.6 Å². The monoisotopic (exact) mass is 517 g/mol. The number of hydrogen-bond acceptors (Lipinski definition) is 5. The van der Waals surface area contributed by atoms with Crippen molar-refractivity contribution in [3.8, 4) is 5.75 Å². The van der Waals surface area contributed by atoms with Crippen LogP contribution in [0, 0.1) is 5.92 Å². The van der Waals surface area contributed by atoms with E-state index in [2.05, 4.69) is 10.6 Å². The minimum atomic E-state index is -0.992. The Labute approximate surface area is 222 Å². The molecule has 8 nitrogen and oxygen atoms in total. The third-order valence-electron chi connectivity index (χ3n) is 6.76. The number of alkyl carbamates (subject to hydrolysis) is 1. The van der Waals surface area contributed by atoms with Crippen LogP contribution in [0.3, 0.4) is 0 Å². The standard InChI is InChI=1S/C29H47N3O5/c1-9-19(2)23(31-27(36)37-29(6,7)8)26(35)32(28(3,4)5)24(20-14-13-17-22(33)18-20)25(34)30-21-15-11-10-12-16-21/h13-14,17-19,21,23-24,33H,9-12,15-16H2,1-8H3,(H,30,34)(H,31,36). The van der Waals surface area contributed by atoms with Crippen LogP contribution in [0.2, 0.25) is 0 Å². The molecule has 0 aliphatic heterocycles. The van der Waals surface area contributed by atoms with Gasteiger partial charge in [-0.15, -0.1) is 0 Å². The van der Waals surface area contributed by atoms with Gasteiger partial charge in [-0.2, -0.15) is 0 Å². The van der Waals surface area contributed by atoms with Gasteiger partial charge in [-0.25, -0.2) is 4.79 Å². The Morgan fingerprint density at radius 1 is 1.08 bits per heavy atom. The molecule has 8 heteroatoms. The molecule has 0 heterocycles. The Kier molecular flexibility index (Phi) is 10.4. The molecule has 3 amide bonds. The van der Waals surface area contributed by atoms with Crippen LogP contribution >= 0.6 is 0 Å². The van der Waals surface area contributed by atoms with E-state index < -0.39 is 29.3 Å². The Morgan fingerprint density at radius 2 is 1.70 bits per heavy atom. The van der Waals surface area contributed by atoms with Gasteiger partial charge in [-0.1, -0.05) is 51.7 Å². The molecule has 2 rings (SSSR count). The second-order valence-electron chi connectivity index (χ2n) is 12.2. The summed E-state index contributed by atoms with van der Waals surface area (Å²) >= 11 is 0. The molecule has 3 N–H and O–H groups in total. The van der Waals surface area contributed by atoms with E-state index in [-0.39, 0.29) is 29.5 Å². The number of nitrogens with one attached hydrogen (secondary N) is 2. The van der Waals surface area contributed by atoms with E-state index in [4.69, 9.17) is 4.74 Å². The Hall–Kier alpha value is -2.77. The predicted molar refractivity (Wildman–Crippen MR) is 145 cm³/mol. The van der Waals surface area contributed by atoms with Crippen molar-refractivity contribution in [1.29, 1.82) is 0 Å². The van der Waals surface area contributed by atoms with Gasteiger partial charge in [0.1, 0.15) is 23.4 Å². The topological polar surface area (TPSA) is 108 Å². The number of aromatic hydroxyl groups is 1. The number of phenols is 1. The molecule has 208 valence electrons. The molecule has 1 saturated carbocycles. The van der Waals surface area contributed by atoms with E-state index >= 15 is 0 Å². The number of carbonyl (C=O) groups is 3. The maximum absolute atomic E-state index is 14.3. The van der Waals surface area contributed by atoms with E-state index in [1.54, 1.807) is 37.8 Å². The van der Waals surface area contributed by atoms with Crippen LogP contribution in [-0.4, -0.2) is 51.1 Å². The number of ether oxygens (including phenoxy) is 1. The summed E-state index contributed by atoms with van der Waals surface area (Å²) in [5.41, 5.74) is -0.990. The highest BCUT2D eigenvalue weighted by atomic mass is 16.6. The van der Waals surface area contributed by atoms with Gasteiger partial charge in [0.05, 0.1) is 0 Å². The minimum absolute atomic E-state index is 0.0135. The lowest BCUT2D eigenvalue weighted by atomic mass is 9.90. The summed E-state index contributed by atoms with van der Waals surface area (Å²) in [6.45, 7) is 14.8. The maximum Gasteiger partial charge on any atom is 0.408 e. The Morgan fingerprint density at radius 3 is 2.22 bits per heavy atom. The molecule has 0 saturated heterocycles. The van der Waals surface area contributed by atoms with Crippen molar-refractivity contribution in [2.75, 3.05) is 0 Å². The van der Waals surface area contributed by atoms with Crippen molar-refractivity contribution in [2.45, 2.75) is 123 Å². The highest BCUT2D eigenvalue weighted by molar-refractivity contribution is 5.93. The van der Waals surface area contributed by atoms with Gasteiger partial charge in [0.15, 0.2) is 0 Å². The van der Waals surface area contributed by atoms with Crippen LogP contribution in [0.4, 0.5) is 4.79 Å². The van der Waals surface area contributed by atoms with E-state index in [0.29, 0.717) is 12.0 Å². The van der Waals surface area contributed by atoms with Gasteiger partial charge in [0, 0.05) is 11.6 Å². The number of phenolic OH excluding ortho intramolecular Hbond substituents is 1. The number of nitrogens with zero attached hydrogens (tertiary/aromatic N) is 1. The summed E-state index contributed by atoms with van der Waals surface area (Å²) in [4.78, 5) is 42.5. The highest BCUT2D eigenvalue weighted by Crippen LogP contribution is 2.33. The lowest BCUT2D eigenvalue weighted by Crippen LogP contribution is -2.60. The van der Waals surface area contributed by atoms with Crippen LogP contribution in [-0.2, 0) is 14.3 Å². The molecule has 3 unspecified atom stereocenters. The second kappa shape index (κ2) is 12.7. The second-order valence-corrected chi connectivity index (χ2v) is 12.2. The zero-order valence-corrected chi connectivity index (χ0v) is 23.9. The summed E-state index contributed by atoms with van der Waals surface area (Å²) in [6, 6.07) is 4.63. The van der Waals surface area contributed by atoms with Crippen molar-refractivity contribution >= 4 is 17.9 Å². The fourth-order valence-corrected chi connectivity index (χ4v) is 4.75. The van der Waals surface area contributed by atoms with Crippen LogP contribution in [0.1, 0.15) is 106 Å². The van der Waals surface area contributed by atoms with E-state index in [1.165, 1.54) is 12.1 Å². The van der Waals surface area contributed by atoms with E-state index in [0.717, 1.165) is 32.1 Å². The normalized spacial score (nSPS) is 17.3. The van der Waals surface area contributed by atoms with Gasteiger partial charge < -0.3 is 25.4 Å². The first-order valence-corrected chi connectivity index (χ1v) is 13.6. The fourth-order valence-electron chi connectivity index (χ4n) is 4.75. The van der Waals surface area contributed by atoms with Gasteiger partial charge in [-0.05, 0) is 78.0 Å². The number of amides is 3. The van der Waals surface area contributed by atoms with Gasteiger partial charge in [0.2, 0.25) is 11.8 Å². The quantitative estimate of drug-likeness (QED) is 0.425. The average molecular weight is 518 g/mol. The first-order valence-electron chi connectivity index (χ1n) is 13.6. The Bertz CT molecular complexity index is 928. The molecular formula is C29H47N3O5. The molecule has 1 aromatic rings. The first-order chi connectivity index (χ1) is 17.1. The van der Waals surface area contributed by atoms with Crippen molar-refractivity contribution < 1.29 is 24.2 Å². The molecule has 3 atom stereocenters. The van der Waals surface area contributed by atoms with Crippen LogP contribution in [0.15, 0.2) is 24.3 Å². The van der Waals surface area contributed by atoms with Crippen molar-refractivity contribution in [3.63, 3.8) is 0 Å². The fraction of sp³-hybridized carbons (Fsp3) is 0.690. The summed E-state index contributed by atoms with van der Waals surface area (Å²) < 4.78 is 5.45. The van der Waals surface area contributed by atoms with E-state index in [1.807, 2.05) is 34.6 Å². The smallest absolute Gasteiger partial charge is 0.408 e. The third kappa shape index (κ3) is 8.93. The van der Waals surface area contributed by atoms with Crippen LogP contribution in [0.5, 0.6) is 5.75 Å². The minimum Gasteiger partial charge on any atom is -0.508 e. The SMILES string of the molecule is CCC(C)C(NC(=O)OC(C)(C)C)C(=O)N(C(C(=O)NC1CCCCC1)c1cccc(O)c1)C(C)(C)C. The van der Waals surface area contributed by atoms with Gasteiger partial charge in [0.25, 0.3) is 0 Å². The largest absolute Gasteiger partial charge is 0.508 e. The van der Waals surface area contributed by atoms with Crippen LogP contribution in [0.25, 0.3) is 0 Å². The van der Waals surface area contributed by atoms with E-state index in [9.17, 15) is 19.5 Å². The van der Waals surface area contributed by atoms with Crippen molar-refractivity contribution in [2.24, 2.45) is 5.92 Å². The molecule has 0 spiro atoms. The lowest BCUT2D eigenvalue weighted by molar-refractivity contribution is -0.149. The first kappa shape index (κ1) is 30.5. The molecule has 0 aromatic heterocycles. The van der Waals surface area contributed by atoms with Gasteiger partial charge in [-0.3, -0.25) is 9.59 Å². The molecule has 37 heavy (non-hydrogen) atoms. The molecule has 1 aromatic carbocycles. The van der Waals surface area contributed by atoms with Crippen molar-refractivity contribution in [1.82, 2.24) is 15.5 Å². The summed E-state index contributed by atoms with van der Waals surface area (Å²) in [5, 5.41) is 16.2. The van der Waals surface area contributed by atoms with Crippen molar-refractivity contribution in [3.05, 3.63) is 29.8 Å². The number of benzene rings is 1. The zero-order valence-electron chi connectivity index (χ0n) is 23.9. The number of rotatable bonds is 8. The molecular weight excluding hydrogens is 470 g/mol. The molecule has 1 aliphatic rings. The third-order valence-corrected chi connectivity index (χ3v) is 6.76. The zero-order chi connectivity index (χ0) is 28.0. The molecule has 0 bridgehead atoms. The molecule has 1 aliphatic carbocycles. The van der Waals surface area contributed by atoms with Gasteiger partial charge >= 0.3 is 6.09 Å². The summed E-state index contributed by atoms with van der Waals surface area (Å²) in [5.74, 6) is -0.864. The number of carbonyl (C=O) groups excluding carboxylic acids is 3. The average Bonchev–Trinajstić information content (AvgIpc) is 2.78. The summed E-state index contributed by atoms with van der Waals surface area (Å²) in [7, 11) is 0. The predicted octanol–water partition coefficient (Wildman–Crippen LogP) is 5.45.